The SMILES string of the molecule is CCC(OC(C)C)(C(C)=O)C(=O)OOC(C)C. The van der Waals surface area contributed by atoms with Crippen LogP contribution in [0.1, 0.15) is 48.0 Å². The summed E-state index contributed by atoms with van der Waals surface area (Å²) in [5, 5.41) is 0. The number of rotatable bonds is 7. The molecule has 0 aromatic rings. The molecule has 1 atom stereocenters. The van der Waals surface area contributed by atoms with E-state index in [9.17, 15) is 9.59 Å². The van der Waals surface area contributed by atoms with Crippen molar-refractivity contribution in [2.24, 2.45) is 0 Å². The highest BCUT2D eigenvalue weighted by Crippen LogP contribution is 2.22. The van der Waals surface area contributed by atoms with Crippen molar-refractivity contribution in [2.45, 2.75) is 65.8 Å². The topological polar surface area (TPSA) is 61.8 Å². The van der Waals surface area contributed by atoms with Crippen molar-refractivity contribution < 1.29 is 24.1 Å². The van der Waals surface area contributed by atoms with Crippen molar-refractivity contribution in [1.29, 1.82) is 0 Å². The Morgan fingerprint density at radius 3 is 1.94 bits per heavy atom. The van der Waals surface area contributed by atoms with Crippen LogP contribution in [0.3, 0.4) is 0 Å². The minimum atomic E-state index is -1.57. The van der Waals surface area contributed by atoms with Crippen LogP contribution < -0.4 is 0 Å². The molecule has 0 saturated carbocycles. The molecule has 0 spiro atoms. The maximum absolute atomic E-state index is 11.9. The largest absolute Gasteiger partial charge is 0.381 e. The van der Waals surface area contributed by atoms with E-state index in [0.29, 0.717) is 0 Å². The van der Waals surface area contributed by atoms with E-state index in [0.717, 1.165) is 0 Å². The van der Waals surface area contributed by atoms with Gasteiger partial charge in [0, 0.05) is 0 Å². The Bertz CT molecular complexity index is 272. The molecule has 5 nitrogen and oxygen atoms in total. The third-order valence-corrected chi connectivity index (χ3v) is 2.15. The quantitative estimate of drug-likeness (QED) is 0.391. The summed E-state index contributed by atoms with van der Waals surface area (Å²) in [4.78, 5) is 32.9. The molecule has 0 heterocycles. The van der Waals surface area contributed by atoms with Crippen molar-refractivity contribution in [3.8, 4) is 0 Å². The average molecular weight is 246 g/mol. The normalized spacial score (nSPS) is 14.8. The maximum Gasteiger partial charge on any atom is 0.381 e. The maximum atomic E-state index is 11.9. The van der Waals surface area contributed by atoms with Gasteiger partial charge >= 0.3 is 5.97 Å². The first-order chi connectivity index (χ1) is 7.76. The van der Waals surface area contributed by atoms with E-state index < -0.39 is 11.6 Å². The molecule has 0 N–H and O–H groups in total. The Labute approximate surface area is 102 Å². The van der Waals surface area contributed by atoms with Crippen molar-refractivity contribution >= 4 is 11.8 Å². The molecule has 0 fully saturated rings. The lowest BCUT2D eigenvalue weighted by atomic mass is 9.95. The Morgan fingerprint density at radius 2 is 1.65 bits per heavy atom. The predicted octanol–water partition coefficient (Wildman–Crippen LogP) is 2.03. The molecule has 0 aliphatic heterocycles. The van der Waals surface area contributed by atoms with E-state index in [1.165, 1.54) is 6.92 Å². The number of hydrogen-bond donors (Lipinski definition) is 0. The zero-order chi connectivity index (χ0) is 13.6. The van der Waals surface area contributed by atoms with Gasteiger partial charge in [0.25, 0.3) is 0 Å². The number of carbonyl (C=O) groups is 2. The van der Waals surface area contributed by atoms with E-state index in [1.807, 2.05) is 0 Å². The highest BCUT2D eigenvalue weighted by molar-refractivity contribution is 6.06. The van der Waals surface area contributed by atoms with Gasteiger partial charge in [0.05, 0.1) is 12.2 Å². The lowest BCUT2D eigenvalue weighted by molar-refractivity contribution is -0.304. The Hall–Kier alpha value is -0.940. The summed E-state index contributed by atoms with van der Waals surface area (Å²) in [6.45, 7) is 9.95. The molecule has 0 radical (unpaired) electrons. The summed E-state index contributed by atoms with van der Waals surface area (Å²) < 4.78 is 5.44. The van der Waals surface area contributed by atoms with Crippen LogP contribution in [0.2, 0.25) is 0 Å². The summed E-state index contributed by atoms with van der Waals surface area (Å²) >= 11 is 0. The summed E-state index contributed by atoms with van der Waals surface area (Å²) in [5.74, 6) is -1.18. The van der Waals surface area contributed by atoms with Crippen LogP contribution in [0.4, 0.5) is 0 Å². The molecule has 0 aromatic carbocycles. The van der Waals surface area contributed by atoms with Gasteiger partial charge in [-0.05, 0) is 41.0 Å². The van der Waals surface area contributed by atoms with Crippen LogP contribution in [0.5, 0.6) is 0 Å². The second-order valence-corrected chi connectivity index (χ2v) is 4.42. The molecule has 17 heavy (non-hydrogen) atoms. The van der Waals surface area contributed by atoms with E-state index in [2.05, 4.69) is 4.89 Å². The lowest BCUT2D eigenvalue weighted by Gasteiger charge is -2.29. The van der Waals surface area contributed by atoms with Gasteiger partial charge in [-0.3, -0.25) is 9.68 Å². The van der Waals surface area contributed by atoms with Crippen LogP contribution in [0.25, 0.3) is 0 Å². The first-order valence-electron chi connectivity index (χ1n) is 5.82. The van der Waals surface area contributed by atoms with Gasteiger partial charge in [-0.25, -0.2) is 4.79 Å². The first-order valence-corrected chi connectivity index (χ1v) is 5.82. The number of carbonyl (C=O) groups excluding carboxylic acids is 2. The summed E-state index contributed by atoms with van der Waals surface area (Å²) in [7, 11) is 0. The van der Waals surface area contributed by atoms with Crippen LogP contribution in [0, 0.1) is 0 Å². The van der Waals surface area contributed by atoms with Gasteiger partial charge in [-0.2, -0.15) is 4.89 Å². The van der Waals surface area contributed by atoms with Gasteiger partial charge in [0.1, 0.15) is 0 Å². The van der Waals surface area contributed by atoms with Crippen LogP contribution in [0.15, 0.2) is 0 Å². The van der Waals surface area contributed by atoms with Crippen molar-refractivity contribution in [1.82, 2.24) is 0 Å². The second-order valence-electron chi connectivity index (χ2n) is 4.42. The highest BCUT2D eigenvalue weighted by atomic mass is 17.2. The molecule has 0 rings (SSSR count). The van der Waals surface area contributed by atoms with Crippen LogP contribution in [-0.4, -0.2) is 29.6 Å². The number of ketones is 1. The molecule has 100 valence electrons. The molecule has 0 aliphatic carbocycles. The summed E-state index contributed by atoms with van der Waals surface area (Å²) in [5.41, 5.74) is -1.57. The van der Waals surface area contributed by atoms with Gasteiger partial charge in [-0.15, -0.1) is 0 Å². The number of ether oxygens (including phenoxy) is 1. The number of Topliss-reactive ketones (excluding diaryl/α,β-unsaturated/α-hetero) is 1. The van der Waals surface area contributed by atoms with Gasteiger partial charge < -0.3 is 4.74 Å². The Morgan fingerprint density at radius 1 is 1.12 bits per heavy atom. The molecule has 0 saturated heterocycles. The monoisotopic (exact) mass is 246 g/mol. The standard InChI is InChI=1S/C12H22O5/c1-7-12(10(6)13,15-8(2)3)11(14)17-16-9(4)5/h8-9H,7H2,1-6H3. The molecule has 5 heteroatoms. The summed E-state index contributed by atoms with van der Waals surface area (Å²) in [6.07, 6.45) is -0.314. The van der Waals surface area contributed by atoms with Gasteiger partial charge in [0.15, 0.2) is 5.78 Å². The number of hydrogen-bond acceptors (Lipinski definition) is 5. The molecule has 1 unspecified atom stereocenters. The third-order valence-electron chi connectivity index (χ3n) is 2.15. The molecule has 0 aliphatic rings. The van der Waals surface area contributed by atoms with Gasteiger partial charge in [0.2, 0.25) is 5.60 Å². The minimum Gasteiger partial charge on any atom is -0.353 e. The predicted molar refractivity (Wildman–Crippen MR) is 62.2 cm³/mol. The smallest absolute Gasteiger partial charge is 0.353 e. The Kier molecular flexibility index (Phi) is 6.34. The second kappa shape index (κ2) is 6.71. The van der Waals surface area contributed by atoms with E-state index in [4.69, 9.17) is 9.62 Å². The zero-order valence-electron chi connectivity index (χ0n) is 11.4. The van der Waals surface area contributed by atoms with Crippen LogP contribution in [-0.2, 0) is 24.1 Å². The van der Waals surface area contributed by atoms with E-state index in [-0.39, 0.29) is 24.4 Å². The van der Waals surface area contributed by atoms with E-state index in [1.54, 1.807) is 34.6 Å². The average Bonchev–Trinajstić information content (AvgIpc) is 2.21. The fourth-order valence-corrected chi connectivity index (χ4v) is 1.36. The third kappa shape index (κ3) is 4.44. The Balaban J connectivity index is 4.89. The minimum absolute atomic E-state index is 0.209. The van der Waals surface area contributed by atoms with Crippen molar-refractivity contribution in [3.05, 3.63) is 0 Å². The van der Waals surface area contributed by atoms with E-state index >= 15 is 0 Å². The van der Waals surface area contributed by atoms with Crippen LogP contribution >= 0.6 is 0 Å². The van der Waals surface area contributed by atoms with Crippen molar-refractivity contribution in [2.75, 3.05) is 0 Å². The zero-order valence-corrected chi connectivity index (χ0v) is 11.4. The molecule has 0 amide bonds. The first kappa shape index (κ1) is 16.1. The summed E-state index contributed by atoms with van der Waals surface area (Å²) in [6, 6.07) is 0. The molecular weight excluding hydrogens is 224 g/mol. The fourth-order valence-electron chi connectivity index (χ4n) is 1.36. The molecule has 0 aromatic heterocycles. The van der Waals surface area contributed by atoms with Crippen molar-refractivity contribution in [3.63, 3.8) is 0 Å². The van der Waals surface area contributed by atoms with Gasteiger partial charge in [-0.1, -0.05) is 6.92 Å². The highest BCUT2D eigenvalue weighted by Gasteiger charge is 2.46. The molecular formula is C12H22O5. The molecule has 0 bridgehead atoms. The fraction of sp³-hybridized carbons (Fsp3) is 0.833. The lowest BCUT2D eigenvalue weighted by Crippen LogP contribution is -2.50.